The van der Waals surface area contributed by atoms with Gasteiger partial charge in [-0.25, -0.2) is 0 Å². The molecule has 2 aromatic carbocycles. The molecule has 0 radical (unpaired) electrons. The summed E-state index contributed by atoms with van der Waals surface area (Å²) in [6.45, 7) is 1.63. The molecule has 116 valence electrons. The van der Waals surface area contributed by atoms with Crippen molar-refractivity contribution < 1.29 is 17.9 Å². The summed E-state index contributed by atoms with van der Waals surface area (Å²) in [4.78, 5) is 1.37. The van der Waals surface area contributed by atoms with E-state index in [2.05, 4.69) is 0 Å². The predicted octanol–water partition coefficient (Wildman–Crippen LogP) is 4.88. The second-order valence-corrected chi connectivity index (χ2v) is 5.40. The quantitative estimate of drug-likeness (QED) is 0.784. The van der Waals surface area contributed by atoms with E-state index in [1.807, 2.05) is 0 Å². The second kappa shape index (κ2) is 5.23. The third kappa shape index (κ3) is 2.30. The van der Waals surface area contributed by atoms with Gasteiger partial charge in [0.15, 0.2) is 0 Å². The van der Waals surface area contributed by atoms with Gasteiger partial charge < -0.3 is 9.64 Å². The van der Waals surface area contributed by atoms with Gasteiger partial charge in [0.2, 0.25) is 0 Å². The van der Waals surface area contributed by atoms with Crippen LogP contribution < -0.4 is 9.64 Å². The van der Waals surface area contributed by atoms with Crippen molar-refractivity contribution in [2.75, 3.05) is 12.0 Å². The van der Waals surface area contributed by atoms with Crippen LogP contribution in [0.5, 0.6) is 5.75 Å². The van der Waals surface area contributed by atoms with Crippen LogP contribution in [-0.4, -0.2) is 19.3 Å². The van der Waals surface area contributed by atoms with Gasteiger partial charge >= 0.3 is 6.18 Å². The second-order valence-electron chi connectivity index (χ2n) is 5.40. The molecule has 2 nitrogen and oxygen atoms in total. The lowest BCUT2D eigenvalue weighted by Crippen LogP contribution is -2.42. The van der Waals surface area contributed by atoms with E-state index in [0.29, 0.717) is 17.1 Å². The van der Waals surface area contributed by atoms with E-state index in [1.54, 1.807) is 55.5 Å². The molecule has 0 amide bonds. The molecule has 0 saturated carbocycles. The molecular weight excluding hydrogens is 291 g/mol. The Morgan fingerprint density at radius 1 is 1.00 bits per heavy atom. The predicted molar refractivity (Wildman–Crippen MR) is 79.8 cm³/mol. The van der Waals surface area contributed by atoms with E-state index < -0.39 is 18.1 Å². The Hall–Kier alpha value is -2.17. The average molecular weight is 307 g/mol. The van der Waals surface area contributed by atoms with Gasteiger partial charge in [0.25, 0.3) is 0 Å². The highest BCUT2D eigenvalue weighted by Crippen LogP contribution is 2.50. The van der Waals surface area contributed by atoms with Crippen LogP contribution in [0.1, 0.15) is 18.4 Å². The number of para-hydroxylation sites is 1. The maximum absolute atomic E-state index is 13.6. The van der Waals surface area contributed by atoms with Gasteiger partial charge in [-0.2, -0.15) is 13.2 Å². The highest BCUT2D eigenvalue weighted by atomic mass is 19.4. The topological polar surface area (TPSA) is 12.5 Å². The number of alkyl halides is 3. The van der Waals surface area contributed by atoms with Gasteiger partial charge in [0.1, 0.15) is 11.8 Å². The van der Waals surface area contributed by atoms with Gasteiger partial charge in [0.05, 0.1) is 7.11 Å². The monoisotopic (exact) mass is 307 g/mol. The van der Waals surface area contributed by atoms with Crippen LogP contribution in [0.15, 0.2) is 48.5 Å². The van der Waals surface area contributed by atoms with E-state index in [0.717, 1.165) is 5.56 Å². The molecule has 0 aromatic heterocycles. The van der Waals surface area contributed by atoms with Gasteiger partial charge in [-0.05, 0) is 35.9 Å². The molecule has 22 heavy (non-hydrogen) atoms. The Morgan fingerprint density at radius 2 is 1.64 bits per heavy atom. The fourth-order valence-corrected chi connectivity index (χ4v) is 3.11. The molecule has 2 atom stereocenters. The minimum atomic E-state index is -4.31. The van der Waals surface area contributed by atoms with Crippen LogP contribution >= 0.6 is 0 Å². The van der Waals surface area contributed by atoms with E-state index in [1.165, 1.54) is 12.0 Å². The van der Waals surface area contributed by atoms with Crippen LogP contribution in [0.2, 0.25) is 0 Å². The molecule has 5 heteroatoms. The first kappa shape index (κ1) is 14.8. The first-order valence-electron chi connectivity index (χ1n) is 7.02. The molecule has 2 aromatic rings. The first-order chi connectivity index (χ1) is 10.4. The van der Waals surface area contributed by atoms with Gasteiger partial charge in [0, 0.05) is 17.3 Å². The Kier molecular flexibility index (Phi) is 3.51. The standard InChI is InChI=1S/C17H16F3NO/c1-11-14-5-3-4-6-15(14)21(16(11)17(18,19)20)12-7-9-13(22-2)10-8-12/h3-11,16H,1-2H3/t11-,16-/m0/s1. The zero-order valence-electron chi connectivity index (χ0n) is 12.3. The normalized spacial score (nSPS) is 20.9. The lowest BCUT2D eigenvalue weighted by molar-refractivity contribution is -0.149. The maximum atomic E-state index is 13.6. The Labute approximate surface area is 127 Å². The van der Waals surface area contributed by atoms with Crippen molar-refractivity contribution in [1.82, 2.24) is 0 Å². The average Bonchev–Trinajstić information content (AvgIpc) is 2.81. The number of ether oxygens (including phenoxy) is 1. The minimum Gasteiger partial charge on any atom is -0.497 e. The Morgan fingerprint density at radius 3 is 2.23 bits per heavy atom. The molecule has 0 N–H and O–H groups in total. The number of benzene rings is 2. The highest BCUT2D eigenvalue weighted by Gasteiger charge is 2.52. The number of hydrogen-bond acceptors (Lipinski definition) is 2. The highest BCUT2D eigenvalue weighted by molar-refractivity contribution is 5.73. The SMILES string of the molecule is COc1ccc(N2c3ccccc3[C@H](C)[C@H]2C(F)(F)F)cc1. The van der Waals surface area contributed by atoms with Crippen LogP contribution in [-0.2, 0) is 0 Å². The van der Waals surface area contributed by atoms with E-state index in [9.17, 15) is 13.2 Å². The van der Waals surface area contributed by atoms with Gasteiger partial charge in [-0.15, -0.1) is 0 Å². The third-order valence-electron chi connectivity index (χ3n) is 4.12. The maximum Gasteiger partial charge on any atom is 0.409 e. The number of halogens is 3. The molecule has 1 aliphatic heterocycles. The molecule has 0 unspecified atom stereocenters. The number of anilines is 2. The Balaban J connectivity index is 2.12. The molecule has 1 aliphatic rings. The van der Waals surface area contributed by atoms with E-state index in [-0.39, 0.29) is 0 Å². The zero-order chi connectivity index (χ0) is 15.9. The summed E-state index contributed by atoms with van der Waals surface area (Å²) in [5, 5.41) is 0. The summed E-state index contributed by atoms with van der Waals surface area (Å²) in [5.74, 6) is 0.00569. The van der Waals surface area contributed by atoms with Crippen molar-refractivity contribution >= 4 is 11.4 Å². The molecule has 3 rings (SSSR count). The lowest BCUT2D eigenvalue weighted by atomic mass is 9.97. The minimum absolute atomic E-state index is 0.514. The molecule has 0 fully saturated rings. The number of hydrogen-bond donors (Lipinski definition) is 0. The molecular formula is C17H16F3NO. The summed E-state index contributed by atoms with van der Waals surface area (Å²) < 4.78 is 45.8. The molecule has 1 heterocycles. The summed E-state index contributed by atoms with van der Waals surface area (Å²) in [5.41, 5.74) is 1.85. The number of fused-ring (bicyclic) bond motifs is 1. The van der Waals surface area contributed by atoms with Crippen molar-refractivity contribution in [3.05, 3.63) is 54.1 Å². The number of methoxy groups -OCH3 is 1. The summed E-state index contributed by atoms with van der Waals surface area (Å²) in [6, 6.07) is 12.2. The van der Waals surface area contributed by atoms with Crippen LogP contribution in [0.4, 0.5) is 24.5 Å². The lowest BCUT2D eigenvalue weighted by Gasteiger charge is -2.31. The van der Waals surface area contributed by atoms with Gasteiger partial charge in [-0.1, -0.05) is 25.1 Å². The van der Waals surface area contributed by atoms with Crippen molar-refractivity contribution in [2.45, 2.75) is 25.1 Å². The Bertz CT molecular complexity index is 666. The summed E-state index contributed by atoms with van der Waals surface area (Å²) >= 11 is 0. The molecule has 0 bridgehead atoms. The fraction of sp³-hybridized carbons (Fsp3) is 0.294. The molecule has 0 aliphatic carbocycles. The fourth-order valence-electron chi connectivity index (χ4n) is 3.11. The third-order valence-corrected chi connectivity index (χ3v) is 4.12. The number of nitrogens with zero attached hydrogens (tertiary/aromatic N) is 1. The van der Waals surface area contributed by atoms with Crippen LogP contribution in [0.25, 0.3) is 0 Å². The zero-order valence-corrected chi connectivity index (χ0v) is 12.3. The first-order valence-corrected chi connectivity index (χ1v) is 7.02. The molecule has 0 saturated heterocycles. The smallest absolute Gasteiger partial charge is 0.409 e. The van der Waals surface area contributed by atoms with Crippen LogP contribution in [0.3, 0.4) is 0 Å². The molecule has 0 spiro atoms. The summed E-state index contributed by atoms with van der Waals surface area (Å²) in [6.07, 6.45) is -4.31. The van der Waals surface area contributed by atoms with Crippen molar-refractivity contribution in [3.63, 3.8) is 0 Å². The van der Waals surface area contributed by atoms with Crippen LogP contribution in [0, 0.1) is 0 Å². The van der Waals surface area contributed by atoms with Crippen molar-refractivity contribution in [1.29, 1.82) is 0 Å². The van der Waals surface area contributed by atoms with Crippen molar-refractivity contribution in [3.8, 4) is 5.75 Å². The van der Waals surface area contributed by atoms with Crippen molar-refractivity contribution in [2.24, 2.45) is 0 Å². The van der Waals surface area contributed by atoms with Gasteiger partial charge in [-0.3, -0.25) is 0 Å². The van der Waals surface area contributed by atoms with E-state index >= 15 is 0 Å². The summed E-state index contributed by atoms with van der Waals surface area (Å²) in [7, 11) is 1.53. The largest absolute Gasteiger partial charge is 0.497 e. The van der Waals surface area contributed by atoms with E-state index in [4.69, 9.17) is 4.74 Å². The number of rotatable bonds is 2.